The lowest BCUT2D eigenvalue weighted by Gasteiger charge is -2.12. The Morgan fingerprint density at radius 3 is 2.67 bits per heavy atom. The normalized spacial score (nSPS) is 10.8. The average molecular weight is 407 g/mol. The largest absolute Gasteiger partial charge is 0.486 e. The Balaban J connectivity index is 1.83. The van der Waals surface area contributed by atoms with Crippen LogP contribution in [0.2, 0.25) is 0 Å². The SMILES string of the molecule is BrCc1cccc(Br)c1OCc1ccc2ccccc2n1. The van der Waals surface area contributed by atoms with Crippen molar-refractivity contribution in [1.29, 1.82) is 0 Å². The zero-order valence-corrected chi connectivity index (χ0v) is 14.4. The molecule has 0 atom stereocenters. The molecular formula is C17H13Br2NO. The molecule has 21 heavy (non-hydrogen) atoms. The lowest BCUT2D eigenvalue weighted by atomic mass is 10.2. The summed E-state index contributed by atoms with van der Waals surface area (Å²) in [5.41, 5.74) is 3.03. The summed E-state index contributed by atoms with van der Waals surface area (Å²) in [6.07, 6.45) is 0. The van der Waals surface area contributed by atoms with Crippen molar-refractivity contribution in [2.75, 3.05) is 0 Å². The van der Waals surface area contributed by atoms with Gasteiger partial charge in [-0.3, -0.25) is 0 Å². The molecule has 2 nitrogen and oxygen atoms in total. The number of halogens is 2. The number of nitrogens with zero attached hydrogens (tertiary/aromatic N) is 1. The molecule has 4 heteroatoms. The van der Waals surface area contributed by atoms with Gasteiger partial charge in [0.1, 0.15) is 12.4 Å². The van der Waals surface area contributed by atoms with Gasteiger partial charge in [-0.15, -0.1) is 0 Å². The van der Waals surface area contributed by atoms with Gasteiger partial charge in [-0.05, 0) is 34.1 Å². The fourth-order valence-electron chi connectivity index (χ4n) is 2.16. The monoisotopic (exact) mass is 405 g/mol. The number of pyridine rings is 1. The molecule has 0 aliphatic rings. The first-order valence-corrected chi connectivity index (χ1v) is 8.50. The van der Waals surface area contributed by atoms with E-state index in [4.69, 9.17) is 4.74 Å². The highest BCUT2D eigenvalue weighted by Gasteiger charge is 2.08. The van der Waals surface area contributed by atoms with Crippen LogP contribution in [0.15, 0.2) is 59.1 Å². The van der Waals surface area contributed by atoms with Gasteiger partial charge in [0, 0.05) is 16.3 Å². The first-order chi connectivity index (χ1) is 10.3. The third-order valence-corrected chi connectivity index (χ3v) is 4.44. The molecule has 0 fully saturated rings. The number of alkyl halides is 1. The number of benzene rings is 2. The number of hydrogen-bond acceptors (Lipinski definition) is 2. The maximum Gasteiger partial charge on any atom is 0.138 e. The van der Waals surface area contributed by atoms with E-state index in [1.165, 1.54) is 0 Å². The van der Waals surface area contributed by atoms with Gasteiger partial charge in [0.15, 0.2) is 0 Å². The Labute approximate surface area is 140 Å². The Kier molecular flexibility index (Phi) is 4.56. The molecule has 0 saturated heterocycles. The second kappa shape index (κ2) is 6.58. The summed E-state index contributed by atoms with van der Waals surface area (Å²) < 4.78 is 6.91. The lowest BCUT2D eigenvalue weighted by Crippen LogP contribution is -2.01. The number of hydrogen-bond donors (Lipinski definition) is 0. The predicted octanol–water partition coefficient (Wildman–Crippen LogP) is 5.47. The zero-order chi connectivity index (χ0) is 14.7. The molecule has 0 aliphatic carbocycles. The summed E-state index contributed by atoms with van der Waals surface area (Å²) in [7, 11) is 0. The smallest absolute Gasteiger partial charge is 0.138 e. The van der Waals surface area contributed by atoms with Crippen molar-refractivity contribution in [3.63, 3.8) is 0 Å². The molecule has 3 rings (SSSR count). The van der Waals surface area contributed by atoms with Crippen LogP contribution in [0, 0.1) is 0 Å². The Morgan fingerprint density at radius 2 is 1.81 bits per heavy atom. The van der Waals surface area contributed by atoms with Gasteiger partial charge in [0.05, 0.1) is 15.7 Å². The van der Waals surface area contributed by atoms with E-state index < -0.39 is 0 Å². The van der Waals surface area contributed by atoms with Crippen LogP contribution in [0.5, 0.6) is 5.75 Å². The molecule has 0 spiro atoms. The quantitative estimate of drug-likeness (QED) is 0.536. The highest BCUT2D eigenvalue weighted by molar-refractivity contribution is 9.10. The number of fused-ring (bicyclic) bond motifs is 1. The summed E-state index contributed by atoms with van der Waals surface area (Å²) in [4.78, 5) is 4.62. The maximum absolute atomic E-state index is 5.95. The molecule has 0 N–H and O–H groups in total. The average Bonchev–Trinajstić information content (AvgIpc) is 2.53. The van der Waals surface area contributed by atoms with E-state index in [1.807, 2.05) is 42.5 Å². The van der Waals surface area contributed by atoms with Gasteiger partial charge >= 0.3 is 0 Å². The molecule has 0 aliphatic heterocycles. The van der Waals surface area contributed by atoms with Gasteiger partial charge in [-0.25, -0.2) is 4.98 Å². The molecule has 1 heterocycles. The van der Waals surface area contributed by atoms with Gasteiger partial charge < -0.3 is 4.74 Å². The van der Waals surface area contributed by atoms with Crippen LogP contribution in [0.1, 0.15) is 11.3 Å². The Morgan fingerprint density at radius 1 is 0.952 bits per heavy atom. The minimum absolute atomic E-state index is 0.452. The van der Waals surface area contributed by atoms with E-state index in [0.717, 1.165) is 37.7 Å². The molecule has 3 aromatic rings. The van der Waals surface area contributed by atoms with Crippen molar-refractivity contribution in [2.45, 2.75) is 11.9 Å². The fraction of sp³-hybridized carbons (Fsp3) is 0.118. The van der Waals surface area contributed by atoms with Crippen molar-refractivity contribution in [3.8, 4) is 5.75 Å². The van der Waals surface area contributed by atoms with Crippen LogP contribution in [0.3, 0.4) is 0 Å². The first kappa shape index (κ1) is 14.5. The summed E-state index contributed by atoms with van der Waals surface area (Å²) in [6, 6.07) is 18.2. The van der Waals surface area contributed by atoms with Crippen LogP contribution in [-0.4, -0.2) is 4.98 Å². The Bertz CT molecular complexity index is 774. The second-order valence-electron chi connectivity index (χ2n) is 4.65. The van der Waals surface area contributed by atoms with E-state index in [-0.39, 0.29) is 0 Å². The number of rotatable bonds is 4. The van der Waals surface area contributed by atoms with E-state index in [9.17, 15) is 0 Å². The second-order valence-corrected chi connectivity index (χ2v) is 6.06. The number of aromatic nitrogens is 1. The Hall–Kier alpha value is -1.39. The third-order valence-electron chi connectivity index (χ3n) is 3.21. The van der Waals surface area contributed by atoms with E-state index in [0.29, 0.717) is 6.61 Å². The van der Waals surface area contributed by atoms with Crippen molar-refractivity contribution in [1.82, 2.24) is 4.98 Å². The molecule has 0 radical (unpaired) electrons. The maximum atomic E-state index is 5.95. The fourth-order valence-corrected chi connectivity index (χ4v) is 3.12. The van der Waals surface area contributed by atoms with Crippen molar-refractivity contribution in [2.24, 2.45) is 0 Å². The summed E-state index contributed by atoms with van der Waals surface area (Å²) in [6.45, 7) is 0.452. The van der Waals surface area contributed by atoms with Crippen LogP contribution >= 0.6 is 31.9 Å². The van der Waals surface area contributed by atoms with Crippen LogP contribution in [0.25, 0.3) is 10.9 Å². The van der Waals surface area contributed by atoms with Crippen LogP contribution < -0.4 is 4.74 Å². The highest BCUT2D eigenvalue weighted by Crippen LogP contribution is 2.31. The topological polar surface area (TPSA) is 22.1 Å². The molecule has 106 valence electrons. The number of para-hydroxylation sites is 2. The number of ether oxygens (including phenoxy) is 1. The van der Waals surface area contributed by atoms with E-state index in [1.54, 1.807) is 0 Å². The molecule has 0 amide bonds. The van der Waals surface area contributed by atoms with Crippen LogP contribution in [0.4, 0.5) is 0 Å². The van der Waals surface area contributed by atoms with Gasteiger partial charge in [-0.2, -0.15) is 0 Å². The van der Waals surface area contributed by atoms with Gasteiger partial charge in [0.2, 0.25) is 0 Å². The van der Waals surface area contributed by atoms with Crippen molar-refractivity contribution in [3.05, 3.63) is 70.3 Å². The molecule has 0 unspecified atom stereocenters. The molecule has 1 aromatic heterocycles. The molecule has 0 bridgehead atoms. The highest BCUT2D eigenvalue weighted by atomic mass is 79.9. The van der Waals surface area contributed by atoms with Crippen LogP contribution in [-0.2, 0) is 11.9 Å². The summed E-state index contributed by atoms with van der Waals surface area (Å²) in [5, 5.41) is 1.90. The van der Waals surface area contributed by atoms with Gasteiger partial charge in [0.25, 0.3) is 0 Å². The standard InChI is InChI=1S/C17H13Br2NO/c18-10-13-5-3-6-15(19)17(13)21-11-14-9-8-12-4-1-2-7-16(12)20-14/h1-9H,10-11H2. The molecular weight excluding hydrogens is 394 g/mol. The first-order valence-electron chi connectivity index (χ1n) is 6.59. The minimum atomic E-state index is 0.452. The predicted molar refractivity (Wildman–Crippen MR) is 92.8 cm³/mol. The molecule has 0 saturated carbocycles. The van der Waals surface area contributed by atoms with Crippen molar-refractivity contribution >= 4 is 42.8 Å². The van der Waals surface area contributed by atoms with Crippen molar-refractivity contribution < 1.29 is 4.74 Å². The van der Waals surface area contributed by atoms with Gasteiger partial charge in [-0.1, -0.05) is 52.3 Å². The molecule has 2 aromatic carbocycles. The van der Waals surface area contributed by atoms with E-state index in [2.05, 4.69) is 49.0 Å². The van der Waals surface area contributed by atoms with E-state index >= 15 is 0 Å². The zero-order valence-electron chi connectivity index (χ0n) is 11.2. The minimum Gasteiger partial charge on any atom is -0.486 e. The summed E-state index contributed by atoms with van der Waals surface area (Å²) >= 11 is 7.02. The lowest BCUT2D eigenvalue weighted by molar-refractivity contribution is 0.297. The third kappa shape index (κ3) is 3.27. The summed E-state index contributed by atoms with van der Waals surface area (Å²) in [5.74, 6) is 0.865.